The molecule has 8 rings (SSSR count). The standard InChI is InChI=1S/C45H28N4/c1-3-33(48-40-19-8-4-14-34(40)35-15-5-9-20-41(35)48)25-23-30(2)45-32(29-47)13-12-18-39(45)37-17-7-11-22-43(37)49-42-21-10-6-16-36(42)38-26-24-31(28-46)27-44(38)49/h1,4-27H,2H3/b30-23+,33-25+. The Kier molecular flexibility index (Phi) is 7.15. The minimum atomic E-state index is 0.572. The van der Waals surface area contributed by atoms with Gasteiger partial charge in [0.1, 0.15) is 0 Å². The molecule has 8 aromatic rings. The highest BCUT2D eigenvalue weighted by Gasteiger charge is 2.19. The lowest BCUT2D eigenvalue weighted by Crippen LogP contribution is -2.00. The van der Waals surface area contributed by atoms with Gasteiger partial charge >= 0.3 is 0 Å². The Bertz CT molecular complexity index is 2760. The van der Waals surface area contributed by atoms with Crippen LogP contribution in [0.2, 0.25) is 0 Å². The molecule has 4 heteroatoms. The van der Waals surface area contributed by atoms with Gasteiger partial charge in [0.2, 0.25) is 0 Å². The molecule has 0 aliphatic heterocycles. The lowest BCUT2D eigenvalue weighted by Gasteiger charge is -2.18. The molecule has 2 heterocycles. The van der Waals surface area contributed by atoms with Crippen LogP contribution in [0, 0.1) is 35.0 Å². The molecule has 0 unspecified atom stereocenters. The van der Waals surface area contributed by atoms with Gasteiger partial charge in [0.25, 0.3) is 0 Å². The van der Waals surface area contributed by atoms with Crippen molar-refractivity contribution in [2.75, 3.05) is 0 Å². The molecular formula is C45H28N4. The van der Waals surface area contributed by atoms with E-state index in [9.17, 15) is 10.5 Å². The number of hydrogen-bond acceptors (Lipinski definition) is 2. The molecule has 228 valence electrons. The average molecular weight is 625 g/mol. The van der Waals surface area contributed by atoms with Crippen molar-refractivity contribution in [3.63, 3.8) is 0 Å². The molecule has 0 saturated carbocycles. The van der Waals surface area contributed by atoms with Gasteiger partial charge < -0.3 is 9.13 Å². The van der Waals surface area contributed by atoms with Crippen molar-refractivity contribution in [1.29, 1.82) is 10.5 Å². The van der Waals surface area contributed by atoms with Gasteiger partial charge in [0.05, 0.1) is 56.7 Å². The number of nitrogens with zero attached hydrogens (tertiary/aromatic N) is 4. The molecule has 6 aromatic carbocycles. The predicted octanol–water partition coefficient (Wildman–Crippen LogP) is 10.9. The molecule has 2 aromatic heterocycles. The fraction of sp³-hybridized carbons (Fsp3) is 0.0222. The molecule has 0 radical (unpaired) electrons. The summed E-state index contributed by atoms with van der Waals surface area (Å²) in [5, 5.41) is 24.6. The third-order valence-electron chi connectivity index (χ3n) is 9.28. The van der Waals surface area contributed by atoms with Gasteiger partial charge in [0.15, 0.2) is 0 Å². The van der Waals surface area contributed by atoms with Crippen LogP contribution in [-0.4, -0.2) is 9.13 Å². The fourth-order valence-electron chi connectivity index (χ4n) is 7.15. The van der Waals surface area contributed by atoms with E-state index in [2.05, 4.69) is 81.8 Å². The van der Waals surface area contributed by atoms with E-state index in [0.717, 1.165) is 71.6 Å². The minimum Gasteiger partial charge on any atom is -0.309 e. The fourth-order valence-corrected chi connectivity index (χ4v) is 7.15. The van der Waals surface area contributed by atoms with Crippen LogP contribution < -0.4 is 0 Å². The van der Waals surface area contributed by atoms with Crippen molar-refractivity contribution in [1.82, 2.24) is 9.13 Å². The number of aromatic nitrogens is 2. The normalized spacial score (nSPS) is 12.0. The van der Waals surface area contributed by atoms with Crippen molar-refractivity contribution >= 4 is 54.9 Å². The van der Waals surface area contributed by atoms with Gasteiger partial charge in [-0.2, -0.15) is 10.5 Å². The second-order valence-electron chi connectivity index (χ2n) is 12.0. The first-order valence-electron chi connectivity index (χ1n) is 16.0. The van der Waals surface area contributed by atoms with E-state index in [0.29, 0.717) is 16.8 Å². The van der Waals surface area contributed by atoms with Gasteiger partial charge in [0, 0.05) is 32.7 Å². The predicted molar refractivity (Wildman–Crippen MR) is 202 cm³/mol. The maximum absolute atomic E-state index is 10.4. The van der Waals surface area contributed by atoms with Crippen LogP contribution in [0.15, 0.2) is 146 Å². The Morgan fingerprint density at radius 1 is 0.592 bits per heavy atom. The summed E-state index contributed by atoms with van der Waals surface area (Å²) in [6.07, 6.45) is 10.2. The number of para-hydroxylation sites is 4. The summed E-state index contributed by atoms with van der Waals surface area (Å²) in [6.45, 7) is 2.03. The SMILES string of the molecule is C#C/C(=C\C=C(/C)c1c(C#N)cccc1-c1ccccc1-n1c2ccccc2c2ccc(C#N)cc21)n1c2ccccc2c2ccccc21. The molecule has 0 spiro atoms. The molecule has 4 nitrogen and oxygen atoms in total. The van der Waals surface area contributed by atoms with Crippen LogP contribution in [0.4, 0.5) is 0 Å². The quantitative estimate of drug-likeness (QED) is 0.141. The van der Waals surface area contributed by atoms with Crippen molar-refractivity contribution in [2.24, 2.45) is 0 Å². The van der Waals surface area contributed by atoms with Gasteiger partial charge in [-0.3, -0.25) is 0 Å². The summed E-state index contributed by atoms with van der Waals surface area (Å²) in [6, 6.07) is 49.5. The third-order valence-corrected chi connectivity index (χ3v) is 9.28. The number of benzene rings is 6. The molecule has 0 bridgehead atoms. The highest BCUT2D eigenvalue weighted by atomic mass is 15.0. The summed E-state index contributed by atoms with van der Waals surface area (Å²) >= 11 is 0. The van der Waals surface area contributed by atoms with Gasteiger partial charge in [-0.25, -0.2) is 0 Å². The molecule has 0 aliphatic carbocycles. The van der Waals surface area contributed by atoms with Crippen molar-refractivity contribution in [3.05, 3.63) is 162 Å². The molecule has 0 aliphatic rings. The summed E-state index contributed by atoms with van der Waals surface area (Å²) in [4.78, 5) is 0. The van der Waals surface area contributed by atoms with E-state index in [1.165, 1.54) is 0 Å². The van der Waals surface area contributed by atoms with Crippen LogP contribution >= 0.6 is 0 Å². The molecular weight excluding hydrogens is 597 g/mol. The first kappa shape index (κ1) is 29.3. The Labute approximate surface area is 284 Å². The Morgan fingerprint density at radius 3 is 1.86 bits per heavy atom. The highest BCUT2D eigenvalue weighted by molar-refractivity contribution is 6.11. The van der Waals surface area contributed by atoms with E-state index in [4.69, 9.17) is 6.42 Å². The third kappa shape index (κ3) is 4.70. The number of hydrogen-bond donors (Lipinski definition) is 0. The zero-order valence-corrected chi connectivity index (χ0v) is 26.7. The molecule has 0 N–H and O–H groups in total. The largest absolute Gasteiger partial charge is 0.309 e. The molecule has 49 heavy (non-hydrogen) atoms. The second-order valence-corrected chi connectivity index (χ2v) is 12.0. The minimum absolute atomic E-state index is 0.572. The maximum atomic E-state index is 10.4. The van der Waals surface area contributed by atoms with Crippen LogP contribution in [0.3, 0.4) is 0 Å². The Morgan fingerprint density at radius 2 is 1.18 bits per heavy atom. The second kappa shape index (κ2) is 11.9. The van der Waals surface area contributed by atoms with Crippen LogP contribution in [0.25, 0.3) is 71.7 Å². The van der Waals surface area contributed by atoms with Gasteiger partial charge in [-0.1, -0.05) is 103 Å². The number of nitriles is 2. The molecule has 0 fully saturated rings. The van der Waals surface area contributed by atoms with Crippen molar-refractivity contribution in [3.8, 4) is 41.3 Å². The number of terminal acetylenes is 1. The first-order valence-corrected chi connectivity index (χ1v) is 16.0. The number of allylic oxidation sites excluding steroid dienone is 4. The molecule has 0 saturated heterocycles. The lowest BCUT2D eigenvalue weighted by atomic mass is 9.90. The zero-order chi connectivity index (χ0) is 33.5. The molecule has 0 amide bonds. The van der Waals surface area contributed by atoms with Crippen LogP contribution in [0.5, 0.6) is 0 Å². The van der Waals surface area contributed by atoms with Gasteiger partial charge in [-0.05, 0) is 66.6 Å². The summed E-state index contributed by atoms with van der Waals surface area (Å²) in [5.74, 6) is 2.93. The average Bonchev–Trinajstić information content (AvgIpc) is 3.67. The summed E-state index contributed by atoms with van der Waals surface area (Å²) < 4.78 is 4.35. The number of rotatable bonds is 5. The van der Waals surface area contributed by atoms with Crippen molar-refractivity contribution < 1.29 is 0 Å². The van der Waals surface area contributed by atoms with Crippen molar-refractivity contribution in [2.45, 2.75) is 6.92 Å². The highest BCUT2D eigenvalue weighted by Crippen LogP contribution is 2.40. The van der Waals surface area contributed by atoms with Gasteiger partial charge in [-0.15, -0.1) is 6.42 Å². The van der Waals surface area contributed by atoms with Crippen LogP contribution in [0.1, 0.15) is 23.6 Å². The smallest absolute Gasteiger partial charge is 0.0998 e. The van der Waals surface area contributed by atoms with E-state index in [1.54, 1.807) is 0 Å². The lowest BCUT2D eigenvalue weighted by molar-refractivity contribution is 1.18. The van der Waals surface area contributed by atoms with E-state index < -0.39 is 0 Å². The van der Waals surface area contributed by atoms with Crippen LogP contribution in [-0.2, 0) is 0 Å². The zero-order valence-electron chi connectivity index (χ0n) is 26.7. The van der Waals surface area contributed by atoms with E-state index in [-0.39, 0.29) is 0 Å². The van der Waals surface area contributed by atoms with E-state index in [1.807, 2.05) is 97.9 Å². The Balaban J connectivity index is 1.34. The maximum Gasteiger partial charge on any atom is 0.0998 e. The topological polar surface area (TPSA) is 57.4 Å². The van der Waals surface area contributed by atoms with E-state index >= 15 is 0 Å². The Hall–Kier alpha value is -7.06. The molecule has 0 atom stereocenters. The monoisotopic (exact) mass is 624 g/mol. The summed E-state index contributed by atoms with van der Waals surface area (Å²) in [7, 11) is 0. The summed E-state index contributed by atoms with van der Waals surface area (Å²) in [5.41, 5.74) is 10.5. The number of fused-ring (bicyclic) bond motifs is 6. The first-order chi connectivity index (χ1) is 24.1.